The normalized spacial score (nSPS) is 14.8. The minimum absolute atomic E-state index is 0.117. The molecule has 0 aromatic heterocycles. The smallest absolute Gasteiger partial charge is 0.253 e. The molecule has 0 aliphatic carbocycles. The van der Waals surface area contributed by atoms with Gasteiger partial charge in [-0.05, 0) is 49.1 Å². The number of amides is 1. The van der Waals surface area contributed by atoms with Crippen molar-refractivity contribution in [1.29, 1.82) is 5.26 Å². The average Bonchev–Trinajstić information content (AvgIpc) is 2.67. The largest absolute Gasteiger partial charge is 0.385 e. The summed E-state index contributed by atoms with van der Waals surface area (Å²) in [6, 6.07) is 16.9. The summed E-state index contributed by atoms with van der Waals surface area (Å²) in [6.45, 7) is 2.41. The number of anilines is 1. The van der Waals surface area contributed by atoms with Crippen LogP contribution in [-0.2, 0) is 0 Å². The number of nitrogens with one attached hydrogen (secondary N) is 1. The zero-order valence-corrected chi connectivity index (χ0v) is 14.7. The first-order valence-electron chi connectivity index (χ1n) is 8.45. The molecule has 2 aromatic carbocycles. The van der Waals surface area contributed by atoms with Gasteiger partial charge in [0.15, 0.2) is 0 Å². The third-order valence-corrected chi connectivity index (χ3v) is 4.92. The monoisotopic (exact) mass is 353 g/mol. The lowest BCUT2D eigenvalue weighted by Crippen LogP contribution is -2.39. The van der Waals surface area contributed by atoms with Crippen LogP contribution in [0.5, 0.6) is 0 Å². The number of piperidine rings is 1. The van der Waals surface area contributed by atoms with Crippen molar-refractivity contribution in [2.45, 2.75) is 12.8 Å². The Labute approximate surface area is 153 Å². The molecule has 0 saturated carbocycles. The van der Waals surface area contributed by atoms with Gasteiger partial charge in [0.25, 0.3) is 5.91 Å². The molecule has 128 valence electrons. The van der Waals surface area contributed by atoms with Crippen molar-refractivity contribution in [2.24, 2.45) is 5.92 Å². The second-order valence-electron chi connectivity index (χ2n) is 6.29. The van der Waals surface area contributed by atoms with Gasteiger partial charge in [-0.2, -0.15) is 5.26 Å². The SMILES string of the molecule is N#Cc1ccc(NCC2CCN(C(=O)c3ccccc3)CC2)cc1Cl. The highest BCUT2D eigenvalue weighted by Gasteiger charge is 2.23. The Morgan fingerprint density at radius 1 is 1.20 bits per heavy atom. The van der Waals surface area contributed by atoms with Crippen molar-refractivity contribution >= 4 is 23.2 Å². The van der Waals surface area contributed by atoms with Gasteiger partial charge in [0.05, 0.1) is 10.6 Å². The Bertz CT molecular complexity index is 777. The summed E-state index contributed by atoms with van der Waals surface area (Å²) >= 11 is 6.06. The van der Waals surface area contributed by atoms with E-state index in [1.165, 1.54) is 0 Å². The summed E-state index contributed by atoms with van der Waals surface area (Å²) in [7, 11) is 0. The first-order chi connectivity index (χ1) is 12.2. The quantitative estimate of drug-likeness (QED) is 0.897. The van der Waals surface area contributed by atoms with Crippen molar-refractivity contribution < 1.29 is 4.79 Å². The van der Waals surface area contributed by atoms with Crippen LogP contribution in [0.2, 0.25) is 5.02 Å². The molecule has 1 N–H and O–H groups in total. The predicted octanol–water partition coefficient (Wildman–Crippen LogP) is 4.18. The fourth-order valence-corrected chi connectivity index (χ4v) is 3.30. The van der Waals surface area contributed by atoms with E-state index in [4.69, 9.17) is 16.9 Å². The summed E-state index contributed by atoms with van der Waals surface area (Å²) in [6.07, 6.45) is 1.96. The zero-order chi connectivity index (χ0) is 17.6. The van der Waals surface area contributed by atoms with Crippen LogP contribution >= 0.6 is 11.6 Å². The molecule has 0 radical (unpaired) electrons. The van der Waals surface area contributed by atoms with E-state index >= 15 is 0 Å². The van der Waals surface area contributed by atoms with E-state index in [2.05, 4.69) is 11.4 Å². The highest BCUT2D eigenvalue weighted by atomic mass is 35.5. The Morgan fingerprint density at radius 3 is 2.56 bits per heavy atom. The van der Waals surface area contributed by atoms with Crippen LogP contribution in [0.15, 0.2) is 48.5 Å². The number of carbonyl (C=O) groups excluding carboxylic acids is 1. The zero-order valence-electron chi connectivity index (χ0n) is 13.9. The Kier molecular flexibility index (Phi) is 5.57. The first-order valence-corrected chi connectivity index (χ1v) is 8.83. The standard InChI is InChI=1S/C20H20ClN3O/c21-19-12-18(7-6-17(19)13-22)23-14-15-8-10-24(11-9-15)20(25)16-4-2-1-3-5-16/h1-7,12,15,23H,8-11,14H2. The van der Waals surface area contributed by atoms with Gasteiger partial charge in [0.1, 0.15) is 6.07 Å². The lowest BCUT2D eigenvalue weighted by Gasteiger charge is -2.32. The molecular formula is C20H20ClN3O. The van der Waals surface area contributed by atoms with Crippen LogP contribution in [0.1, 0.15) is 28.8 Å². The number of hydrogen-bond acceptors (Lipinski definition) is 3. The van der Waals surface area contributed by atoms with Gasteiger partial charge in [-0.25, -0.2) is 0 Å². The third-order valence-electron chi connectivity index (χ3n) is 4.61. The van der Waals surface area contributed by atoms with E-state index in [0.29, 0.717) is 16.5 Å². The Morgan fingerprint density at radius 2 is 1.92 bits per heavy atom. The fraction of sp³-hybridized carbons (Fsp3) is 0.300. The number of carbonyl (C=O) groups is 1. The number of benzene rings is 2. The molecule has 1 heterocycles. The first kappa shape index (κ1) is 17.3. The van der Waals surface area contributed by atoms with Gasteiger partial charge < -0.3 is 10.2 Å². The number of hydrogen-bond donors (Lipinski definition) is 1. The van der Waals surface area contributed by atoms with Crippen LogP contribution < -0.4 is 5.32 Å². The highest BCUT2D eigenvalue weighted by molar-refractivity contribution is 6.32. The van der Waals surface area contributed by atoms with E-state index in [1.807, 2.05) is 41.3 Å². The van der Waals surface area contributed by atoms with Gasteiger partial charge in [0, 0.05) is 30.9 Å². The van der Waals surface area contributed by atoms with E-state index in [-0.39, 0.29) is 5.91 Å². The molecule has 1 saturated heterocycles. The number of nitrogens with zero attached hydrogens (tertiary/aromatic N) is 2. The number of rotatable bonds is 4. The predicted molar refractivity (Wildman–Crippen MR) is 99.7 cm³/mol. The molecule has 2 aromatic rings. The molecular weight excluding hydrogens is 334 g/mol. The summed E-state index contributed by atoms with van der Waals surface area (Å²) in [5.74, 6) is 0.639. The summed E-state index contributed by atoms with van der Waals surface area (Å²) in [4.78, 5) is 14.4. The summed E-state index contributed by atoms with van der Waals surface area (Å²) < 4.78 is 0. The Hall–Kier alpha value is -2.51. The molecule has 0 spiro atoms. The summed E-state index contributed by atoms with van der Waals surface area (Å²) in [5.41, 5.74) is 2.16. The van der Waals surface area contributed by atoms with Crippen LogP contribution in [0.25, 0.3) is 0 Å². The lowest BCUT2D eigenvalue weighted by molar-refractivity contribution is 0.0695. The maximum absolute atomic E-state index is 12.5. The minimum atomic E-state index is 0.117. The number of likely N-dealkylation sites (tertiary alicyclic amines) is 1. The van der Waals surface area contributed by atoms with Crippen molar-refractivity contribution in [2.75, 3.05) is 25.0 Å². The van der Waals surface area contributed by atoms with Gasteiger partial charge >= 0.3 is 0 Å². The molecule has 0 atom stereocenters. The molecule has 4 nitrogen and oxygen atoms in total. The van der Waals surface area contributed by atoms with Crippen LogP contribution in [0.4, 0.5) is 5.69 Å². The molecule has 0 bridgehead atoms. The van der Waals surface area contributed by atoms with Crippen LogP contribution in [0.3, 0.4) is 0 Å². The van der Waals surface area contributed by atoms with Gasteiger partial charge in [-0.1, -0.05) is 29.8 Å². The maximum atomic E-state index is 12.5. The number of halogens is 1. The third kappa shape index (κ3) is 4.32. The average molecular weight is 354 g/mol. The molecule has 1 aliphatic rings. The molecule has 5 heteroatoms. The molecule has 1 fully saturated rings. The molecule has 1 amide bonds. The summed E-state index contributed by atoms with van der Waals surface area (Å²) in [5, 5.41) is 12.8. The number of nitriles is 1. The second-order valence-corrected chi connectivity index (χ2v) is 6.70. The molecule has 25 heavy (non-hydrogen) atoms. The second kappa shape index (κ2) is 8.04. The Balaban J connectivity index is 1.49. The van der Waals surface area contributed by atoms with E-state index < -0.39 is 0 Å². The van der Waals surface area contributed by atoms with Crippen molar-refractivity contribution in [3.05, 3.63) is 64.7 Å². The topological polar surface area (TPSA) is 56.1 Å². The van der Waals surface area contributed by atoms with Crippen molar-refractivity contribution in [3.8, 4) is 6.07 Å². The van der Waals surface area contributed by atoms with Crippen LogP contribution in [-0.4, -0.2) is 30.4 Å². The molecule has 3 rings (SSSR count). The van der Waals surface area contributed by atoms with E-state index in [9.17, 15) is 4.79 Å². The van der Waals surface area contributed by atoms with E-state index in [1.54, 1.807) is 12.1 Å². The van der Waals surface area contributed by atoms with Gasteiger partial charge in [0.2, 0.25) is 0 Å². The highest BCUT2D eigenvalue weighted by Crippen LogP contribution is 2.23. The minimum Gasteiger partial charge on any atom is -0.385 e. The van der Waals surface area contributed by atoms with E-state index in [0.717, 1.165) is 43.7 Å². The molecule has 0 unspecified atom stereocenters. The molecule has 1 aliphatic heterocycles. The lowest BCUT2D eigenvalue weighted by atomic mass is 9.96. The van der Waals surface area contributed by atoms with Gasteiger partial charge in [-0.3, -0.25) is 4.79 Å². The maximum Gasteiger partial charge on any atom is 0.253 e. The van der Waals surface area contributed by atoms with Crippen molar-refractivity contribution in [1.82, 2.24) is 4.90 Å². The van der Waals surface area contributed by atoms with Gasteiger partial charge in [-0.15, -0.1) is 0 Å². The fourth-order valence-electron chi connectivity index (χ4n) is 3.08. The van der Waals surface area contributed by atoms with Crippen molar-refractivity contribution in [3.63, 3.8) is 0 Å². The van der Waals surface area contributed by atoms with Crippen LogP contribution in [0, 0.1) is 17.2 Å².